The number of hydrogen-bond donors (Lipinski definition) is 0. The van der Waals surface area contributed by atoms with Crippen molar-refractivity contribution >= 4 is 20.0 Å². The number of esters is 1. The largest absolute Gasteiger partial charge is 0.462 e. The highest BCUT2D eigenvalue weighted by Crippen LogP contribution is 2.37. The zero-order valence-electron chi connectivity index (χ0n) is 17.3. The van der Waals surface area contributed by atoms with Gasteiger partial charge in [0, 0.05) is 25.4 Å². The smallest absolute Gasteiger partial charge is 0.338 e. The summed E-state index contributed by atoms with van der Waals surface area (Å²) in [6.07, 6.45) is 2.30. The quantitative estimate of drug-likeness (QED) is 0.489. The summed E-state index contributed by atoms with van der Waals surface area (Å²) >= 11 is 0. The van der Waals surface area contributed by atoms with Gasteiger partial charge in [-0.2, -0.15) is 0 Å². The molecule has 1 fully saturated rings. The van der Waals surface area contributed by atoms with Crippen LogP contribution in [0.1, 0.15) is 50.9 Å². The Hall–Kier alpha value is -1.33. The molecule has 1 atom stereocenters. The first-order chi connectivity index (χ1) is 12.1. The Balaban J connectivity index is 1.87. The molecular formula is C21H35NO3Si. The summed E-state index contributed by atoms with van der Waals surface area (Å²) in [7, 11) is -1.65. The number of benzene rings is 1. The van der Waals surface area contributed by atoms with E-state index in [4.69, 9.17) is 9.16 Å². The van der Waals surface area contributed by atoms with Crippen molar-refractivity contribution in [2.75, 3.05) is 31.2 Å². The van der Waals surface area contributed by atoms with Crippen LogP contribution in [0.2, 0.25) is 18.1 Å². The van der Waals surface area contributed by atoms with Crippen LogP contribution in [-0.4, -0.2) is 40.6 Å². The Bertz CT molecular complexity index is 610. The summed E-state index contributed by atoms with van der Waals surface area (Å²) in [5, 5.41) is 0.266. The van der Waals surface area contributed by atoms with Crippen LogP contribution in [0.15, 0.2) is 24.3 Å². The van der Waals surface area contributed by atoms with Crippen molar-refractivity contribution in [1.82, 2.24) is 0 Å². The molecular weight excluding hydrogens is 342 g/mol. The number of rotatable bonds is 7. The molecule has 2 rings (SSSR count). The summed E-state index contributed by atoms with van der Waals surface area (Å²) in [5.74, 6) is 0.416. The molecule has 1 unspecified atom stereocenters. The lowest BCUT2D eigenvalue weighted by Crippen LogP contribution is -2.41. The minimum atomic E-state index is -1.65. The van der Waals surface area contributed by atoms with Gasteiger partial charge in [0.1, 0.15) is 0 Å². The molecule has 0 spiro atoms. The Labute approximate surface area is 160 Å². The Morgan fingerprint density at radius 1 is 1.31 bits per heavy atom. The molecule has 5 heteroatoms. The van der Waals surface area contributed by atoms with Crippen LogP contribution in [0.5, 0.6) is 0 Å². The van der Waals surface area contributed by atoms with E-state index in [1.165, 1.54) is 6.42 Å². The molecule has 1 aliphatic rings. The van der Waals surface area contributed by atoms with Gasteiger partial charge < -0.3 is 14.1 Å². The summed E-state index contributed by atoms with van der Waals surface area (Å²) in [5.41, 5.74) is 1.75. The average Bonchev–Trinajstić information content (AvgIpc) is 3.03. The van der Waals surface area contributed by atoms with Crippen molar-refractivity contribution in [1.29, 1.82) is 0 Å². The van der Waals surface area contributed by atoms with Gasteiger partial charge >= 0.3 is 5.97 Å². The van der Waals surface area contributed by atoms with Crippen LogP contribution in [0.25, 0.3) is 0 Å². The van der Waals surface area contributed by atoms with Gasteiger partial charge in [0.15, 0.2) is 8.32 Å². The van der Waals surface area contributed by atoms with Crippen molar-refractivity contribution in [3.8, 4) is 0 Å². The molecule has 146 valence electrons. The number of carbonyl (C=O) groups excluding carboxylic acids is 1. The van der Waals surface area contributed by atoms with Gasteiger partial charge in [-0.05, 0) is 62.0 Å². The normalized spacial score (nSPS) is 18.2. The predicted octanol–water partition coefficient (Wildman–Crippen LogP) is 5.10. The molecule has 0 N–H and O–H groups in total. The fourth-order valence-electron chi connectivity index (χ4n) is 3.04. The molecule has 0 saturated carbocycles. The Morgan fingerprint density at radius 3 is 2.69 bits per heavy atom. The zero-order valence-corrected chi connectivity index (χ0v) is 18.3. The van der Waals surface area contributed by atoms with Crippen LogP contribution in [0.4, 0.5) is 5.69 Å². The molecule has 1 aromatic rings. The van der Waals surface area contributed by atoms with Crippen molar-refractivity contribution < 1.29 is 14.0 Å². The maximum atomic E-state index is 11.9. The third-order valence-corrected chi connectivity index (χ3v) is 10.3. The van der Waals surface area contributed by atoms with E-state index in [0.717, 1.165) is 31.8 Å². The number of nitrogens with zero attached hydrogens (tertiary/aromatic N) is 1. The van der Waals surface area contributed by atoms with Crippen LogP contribution < -0.4 is 4.90 Å². The van der Waals surface area contributed by atoms with Crippen molar-refractivity contribution in [3.05, 3.63) is 29.8 Å². The van der Waals surface area contributed by atoms with E-state index in [0.29, 0.717) is 18.1 Å². The van der Waals surface area contributed by atoms with Crippen molar-refractivity contribution in [3.63, 3.8) is 0 Å². The van der Waals surface area contributed by atoms with E-state index >= 15 is 0 Å². The fraction of sp³-hybridized carbons (Fsp3) is 0.667. The minimum absolute atomic E-state index is 0.243. The minimum Gasteiger partial charge on any atom is -0.462 e. The molecule has 1 aromatic carbocycles. The Kier molecular flexibility index (Phi) is 6.91. The maximum absolute atomic E-state index is 11.9. The van der Waals surface area contributed by atoms with E-state index < -0.39 is 8.32 Å². The molecule has 1 aliphatic heterocycles. The molecule has 0 amide bonds. The van der Waals surface area contributed by atoms with E-state index in [1.807, 2.05) is 25.1 Å². The molecule has 0 radical (unpaired) electrons. The van der Waals surface area contributed by atoms with E-state index in [-0.39, 0.29) is 11.0 Å². The fourth-order valence-corrected chi connectivity index (χ4v) is 4.11. The second-order valence-electron chi connectivity index (χ2n) is 8.77. The molecule has 0 aliphatic carbocycles. The highest BCUT2D eigenvalue weighted by atomic mass is 28.4. The van der Waals surface area contributed by atoms with E-state index in [2.05, 4.69) is 44.8 Å². The van der Waals surface area contributed by atoms with Crippen LogP contribution >= 0.6 is 0 Å². The SMILES string of the molecule is CCOC(=O)c1cccc(N2CCC(CCO[Si](C)(C)C(C)(C)C)C2)c1. The van der Waals surface area contributed by atoms with E-state index in [1.54, 1.807) is 0 Å². The topological polar surface area (TPSA) is 38.8 Å². The number of anilines is 1. The molecule has 0 aromatic heterocycles. The predicted molar refractivity (Wildman–Crippen MR) is 110 cm³/mol. The summed E-state index contributed by atoms with van der Waals surface area (Å²) in [4.78, 5) is 14.3. The first-order valence-corrected chi connectivity index (χ1v) is 12.7. The maximum Gasteiger partial charge on any atom is 0.338 e. The number of ether oxygens (including phenoxy) is 1. The average molecular weight is 378 g/mol. The highest BCUT2D eigenvalue weighted by molar-refractivity contribution is 6.74. The lowest BCUT2D eigenvalue weighted by Gasteiger charge is -2.36. The monoisotopic (exact) mass is 377 g/mol. The first kappa shape index (κ1) is 21.0. The lowest BCUT2D eigenvalue weighted by molar-refractivity contribution is 0.0526. The van der Waals surface area contributed by atoms with Gasteiger partial charge in [0.2, 0.25) is 0 Å². The van der Waals surface area contributed by atoms with Crippen molar-refractivity contribution in [2.24, 2.45) is 5.92 Å². The molecule has 1 saturated heterocycles. The zero-order chi connectivity index (χ0) is 19.4. The first-order valence-electron chi connectivity index (χ1n) is 9.80. The van der Waals surface area contributed by atoms with Gasteiger partial charge in [0.05, 0.1) is 12.2 Å². The molecule has 1 heterocycles. The van der Waals surface area contributed by atoms with Gasteiger partial charge in [-0.15, -0.1) is 0 Å². The van der Waals surface area contributed by atoms with Crippen molar-refractivity contribution in [2.45, 2.75) is 58.7 Å². The summed E-state index contributed by atoms with van der Waals surface area (Å²) < 4.78 is 11.4. The Morgan fingerprint density at radius 2 is 2.04 bits per heavy atom. The summed E-state index contributed by atoms with van der Waals surface area (Å²) in [6, 6.07) is 7.79. The lowest BCUT2D eigenvalue weighted by atomic mass is 10.1. The van der Waals surface area contributed by atoms with Gasteiger partial charge in [-0.25, -0.2) is 4.79 Å². The standard InChI is InChI=1S/C21H35NO3Si/c1-7-24-20(23)18-9-8-10-19(15-18)22-13-11-17(16-22)12-14-25-26(5,6)21(2,3)4/h8-10,15,17H,7,11-14,16H2,1-6H3. The molecule has 4 nitrogen and oxygen atoms in total. The van der Waals surface area contributed by atoms with Crippen LogP contribution in [0.3, 0.4) is 0 Å². The molecule has 26 heavy (non-hydrogen) atoms. The van der Waals surface area contributed by atoms with E-state index in [9.17, 15) is 4.79 Å². The van der Waals surface area contributed by atoms with Crippen LogP contribution in [0, 0.1) is 5.92 Å². The highest BCUT2D eigenvalue weighted by Gasteiger charge is 2.37. The third kappa shape index (κ3) is 5.33. The second-order valence-corrected chi connectivity index (χ2v) is 13.6. The number of hydrogen-bond acceptors (Lipinski definition) is 4. The second kappa shape index (κ2) is 8.57. The van der Waals surface area contributed by atoms with Gasteiger partial charge in [-0.3, -0.25) is 0 Å². The number of carbonyl (C=O) groups is 1. The van der Waals surface area contributed by atoms with Gasteiger partial charge in [0.25, 0.3) is 0 Å². The van der Waals surface area contributed by atoms with Crippen LogP contribution in [-0.2, 0) is 9.16 Å². The summed E-state index contributed by atoms with van der Waals surface area (Å²) in [6.45, 7) is 16.7. The third-order valence-electron chi connectivity index (χ3n) is 5.80. The molecule has 0 bridgehead atoms. The van der Waals surface area contributed by atoms with Gasteiger partial charge in [-0.1, -0.05) is 26.8 Å².